The zero-order valence-corrected chi connectivity index (χ0v) is 15.9. The Kier molecular flexibility index (Phi) is 6.51. The van der Waals surface area contributed by atoms with Crippen LogP contribution in [0.15, 0.2) is 59.3 Å². The molecule has 2 heterocycles. The van der Waals surface area contributed by atoms with Crippen molar-refractivity contribution in [1.29, 1.82) is 0 Å². The third-order valence-corrected chi connectivity index (χ3v) is 4.19. The van der Waals surface area contributed by atoms with Gasteiger partial charge in [0.15, 0.2) is 11.5 Å². The van der Waals surface area contributed by atoms with E-state index in [2.05, 4.69) is 15.6 Å². The smallest absolute Gasteiger partial charge is 0.269 e. The second kappa shape index (κ2) is 9.45. The molecule has 0 aliphatic rings. The number of pyridine rings is 1. The number of methoxy groups -OCH3 is 2. The molecular formula is C21H23N3O4. The number of anilines is 1. The Bertz CT molecular complexity index is 910. The zero-order valence-electron chi connectivity index (χ0n) is 15.9. The summed E-state index contributed by atoms with van der Waals surface area (Å²) in [5.74, 6) is 1.95. The molecule has 0 aliphatic carbocycles. The summed E-state index contributed by atoms with van der Waals surface area (Å²) in [6.45, 7) is 1.03. The minimum atomic E-state index is -0.220. The van der Waals surface area contributed by atoms with E-state index in [1.54, 1.807) is 32.7 Å². The molecule has 0 aliphatic heterocycles. The lowest BCUT2D eigenvalue weighted by Crippen LogP contribution is -2.26. The first-order chi connectivity index (χ1) is 13.7. The number of furan rings is 1. The van der Waals surface area contributed by atoms with Crippen molar-refractivity contribution >= 4 is 11.6 Å². The molecule has 0 saturated carbocycles. The number of carbonyl (C=O) groups excluding carboxylic acids is 1. The molecule has 0 unspecified atom stereocenters. The molecule has 0 bridgehead atoms. The van der Waals surface area contributed by atoms with Crippen LogP contribution < -0.4 is 20.1 Å². The lowest BCUT2D eigenvalue weighted by molar-refractivity contribution is 0.0949. The van der Waals surface area contributed by atoms with E-state index in [1.165, 1.54) is 0 Å². The summed E-state index contributed by atoms with van der Waals surface area (Å²) < 4.78 is 15.8. The van der Waals surface area contributed by atoms with Crippen LogP contribution in [-0.4, -0.2) is 31.7 Å². The molecular weight excluding hydrogens is 358 g/mol. The largest absolute Gasteiger partial charge is 0.493 e. The molecule has 0 spiro atoms. The fourth-order valence-electron chi connectivity index (χ4n) is 2.71. The van der Waals surface area contributed by atoms with Gasteiger partial charge in [-0.25, -0.2) is 0 Å². The number of amides is 1. The van der Waals surface area contributed by atoms with E-state index in [4.69, 9.17) is 13.9 Å². The van der Waals surface area contributed by atoms with Gasteiger partial charge < -0.3 is 24.5 Å². The highest BCUT2D eigenvalue weighted by Gasteiger charge is 2.09. The van der Waals surface area contributed by atoms with Gasteiger partial charge in [-0.3, -0.25) is 9.78 Å². The molecule has 7 heteroatoms. The third-order valence-electron chi connectivity index (χ3n) is 4.19. The predicted molar refractivity (Wildman–Crippen MR) is 106 cm³/mol. The maximum atomic E-state index is 12.4. The average molecular weight is 381 g/mol. The van der Waals surface area contributed by atoms with E-state index in [9.17, 15) is 4.79 Å². The molecule has 146 valence electrons. The lowest BCUT2D eigenvalue weighted by Gasteiger charge is -2.10. The van der Waals surface area contributed by atoms with Crippen LogP contribution in [0.3, 0.4) is 0 Å². The molecule has 1 aromatic carbocycles. The Morgan fingerprint density at radius 3 is 2.71 bits per heavy atom. The number of ether oxygens (including phenoxy) is 2. The predicted octanol–water partition coefficient (Wildman–Crippen LogP) is 3.28. The molecule has 1 amide bonds. The van der Waals surface area contributed by atoms with Gasteiger partial charge in [-0.2, -0.15) is 0 Å². The van der Waals surface area contributed by atoms with E-state index in [-0.39, 0.29) is 5.91 Å². The van der Waals surface area contributed by atoms with Crippen molar-refractivity contribution < 1.29 is 18.7 Å². The van der Waals surface area contributed by atoms with E-state index in [1.807, 2.05) is 36.4 Å². The van der Waals surface area contributed by atoms with Crippen molar-refractivity contribution in [1.82, 2.24) is 10.3 Å². The maximum Gasteiger partial charge on any atom is 0.269 e. The lowest BCUT2D eigenvalue weighted by atomic mass is 10.1. The molecule has 28 heavy (non-hydrogen) atoms. The second-order valence-electron chi connectivity index (χ2n) is 6.06. The first-order valence-corrected chi connectivity index (χ1v) is 8.91. The van der Waals surface area contributed by atoms with Gasteiger partial charge in [0.25, 0.3) is 5.91 Å². The van der Waals surface area contributed by atoms with Gasteiger partial charge >= 0.3 is 0 Å². The van der Waals surface area contributed by atoms with E-state index in [0.717, 1.165) is 17.0 Å². The van der Waals surface area contributed by atoms with Crippen LogP contribution in [-0.2, 0) is 13.0 Å². The second-order valence-corrected chi connectivity index (χ2v) is 6.06. The standard InChI is InChI=1S/C21H23N3O4/c1-26-19-6-5-15(12-20(19)27-2)7-9-23-21(25)18-13-16(8-10-22-18)24-14-17-4-3-11-28-17/h3-6,8,10-13H,7,9,14H2,1-2H3,(H,22,24)(H,23,25). The number of hydrogen-bond donors (Lipinski definition) is 2. The highest BCUT2D eigenvalue weighted by Crippen LogP contribution is 2.27. The average Bonchev–Trinajstić information content (AvgIpc) is 3.26. The summed E-state index contributed by atoms with van der Waals surface area (Å²) in [4.78, 5) is 16.5. The van der Waals surface area contributed by atoms with Crippen LogP contribution in [0.1, 0.15) is 21.8 Å². The van der Waals surface area contributed by atoms with Crippen LogP contribution in [0.4, 0.5) is 5.69 Å². The fourth-order valence-corrected chi connectivity index (χ4v) is 2.71. The van der Waals surface area contributed by atoms with Crippen molar-refractivity contribution in [3.8, 4) is 11.5 Å². The van der Waals surface area contributed by atoms with Crippen molar-refractivity contribution in [2.24, 2.45) is 0 Å². The van der Waals surface area contributed by atoms with Crippen LogP contribution in [0.5, 0.6) is 11.5 Å². The molecule has 3 rings (SSSR count). The number of hydrogen-bond acceptors (Lipinski definition) is 6. The van der Waals surface area contributed by atoms with Crippen LogP contribution in [0.2, 0.25) is 0 Å². The fraction of sp³-hybridized carbons (Fsp3) is 0.238. The molecule has 2 N–H and O–H groups in total. The molecule has 0 saturated heterocycles. The van der Waals surface area contributed by atoms with Gasteiger partial charge in [-0.1, -0.05) is 6.07 Å². The Balaban J connectivity index is 1.52. The van der Waals surface area contributed by atoms with Crippen LogP contribution >= 0.6 is 0 Å². The summed E-state index contributed by atoms with van der Waals surface area (Å²) in [5.41, 5.74) is 2.20. The Hall–Kier alpha value is -3.48. The van der Waals surface area contributed by atoms with Crippen molar-refractivity contribution in [2.75, 3.05) is 26.1 Å². The molecule has 7 nitrogen and oxygen atoms in total. The first-order valence-electron chi connectivity index (χ1n) is 8.91. The van der Waals surface area contributed by atoms with Crippen molar-refractivity contribution in [2.45, 2.75) is 13.0 Å². The SMILES string of the molecule is COc1ccc(CCNC(=O)c2cc(NCc3ccco3)ccn2)cc1OC. The van der Waals surface area contributed by atoms with Gasteiger partial charge in [0.05, 0.1) is 27.0 Å². The molecule has 0 fully saturated rings. The van der Waals surface area contributed by atoms with Gasteiger partial charge in [-0.15, -0.1) is 0 Å². The summed E-state index contributed by atoms with van der Waals surface area (Å²) in [5, 5.41) is 6.10. The molecule has 0 atom stereocenters. The monoisotopic (exact) mass is 381 g/mol. The topological polar surface area (TPSA) is 85.6 Å². The number of benzene rings is 1. The quantitative estimate of drug-likeness (QED) is 0.592. The molecule has 3 aromatic rings. The minimum Gasteiger partial charge on any atom is -0.493 e. The Morgan fingerprint density at radius 1 is 1.11 bits per heavy atom. The Morgan fingerprint density at radius 2 is 1.96 bits per heavy atom. The number of nitrogens with zero attached hydrogens (tertiary/aromatic N) is 1. The van der Waals surface area contributed by atoms with E-state index in [0.29, 0.717) is 36.7 Å². The summed E-state index contributed by atoms with van der Waals surface area (Å²) in [6.07, 6.45) is 3.90. The van der Waals surface area contributed by atoms with Gasteiger partial charge in [-0.05, 0) is 48.4 Å². The van der Waals surface area contributed by atoms with Crippen LogP contribution in [0.25, 0.3) is 0 Å². The highest BCUT2D eigenvalue weighted by atomic mass is 16.5. The van der Waals surface area contributed by atoms with Crippen LogP contribution in [0, 0.1) is 0 Å². The van der Waals surface area contributed by atoms with Gasteiger partial charge in [0, 0.05) is 18.4 Å². The number of carbonyl (C=O) groups is 1. The summed E-state index contributed by atoms with van der Waals surface area (Å²) >= 11 is 0. The molecule has 0 radical (unpaired) electrons. The minimum absolute atomic E-state index is 0.220. The normalized spacial score (nSPS) is 10.4. The van der Waals surface area contributed by atoms with Crippen molar-refractivity contribution in [3.63, 3.8) is 0 Å². The number of aromatic nitrogens is 1. The first kappa shape index (κ1) is 19.3. The van der Waals surface area contributed by atoms with Crippen molar-refractivity contribution in [3.05, 3.63) is 71.9 Å². The van der Waals surface area contributed by atoms with Gasteiger partial charge in [0.2, 0.25) is 0 Å². The highest BCUT2D eigenvalue weighted by molar-refractivity contribution is 5.93. The zero-order chi connectivity index (χ0) is 19.8. The van der Waals surface area contributed by atoms with Gasteiger partial charge in [0.1, 0.15) is 11.5 Å². The number of rotatable bonds is 9. The Labute approximate surface area is 163 Å². The summed E-state index contributed by atoms with van der Waals surface area (Å²) in [6, 6.07) is 13.0. The summed E-state index contributed by atoms with van der Waals surface area (Å²) in [7, 11) is 3.20. The maximum absolute atomic E-state index is 12.4. The number of nitrogens with one attached hydrogen (secondary N) is 2. The van der Waals surface area contributed by atoms with E-state index < -0.39 is 0 Å². The van der Waals surface area contributed by atoms with E-state index >= 15 is 0 Å². The third kappa shape index (κ3) is 5.03. The molecule has 2 aromatic heterocycles.